The quantitative estimate of drug-likeness (QED) is 0.398. The van der Waals surface area contributed by atoms with Crippen molar-refractivity contribution in [1.82, 2.24) is 0 Å². The minimum absolute atomic E-state index is 0.0156. The first-order valence-electron chi connectivity index (χ1n) is 13.5. The number of rotatable bonds is 4. The van der Waals surface area contributed by atoms with Gasteiger partial charge in [-0.05, 0) is 62.0 Å². The van der Waals surface area contributed by atoms with Crippen LogP contribution in [-0.4, -0.2) is 70.5 Å². The smallest absolute Gasteiger partial charge is 0.338 e. The van der Waals surface area contributed by atoms with Crippen molar-refractivity contribution in [3.63, 3.8) is 0 Å². The molecule has 1 aliphatic carbocycles. The number of fused-ring (bicyclic) bond motifs is 3. The van der Waals surface area contributed by atoms with E-state index in [1.165, 1.54) is 0 Å². The highest BCUT2D eigenvalue weighted by atomic mass is 16.7. The van der Waals surface area contributed by atoms with Gasteiger partial charge < -0.3 is 34.3 Å². The standard InChI is InChI=1S/C30H42O8/c1-7-23-36-25-24(17(2)3)18(4)21(31)15-30(6,34)26(38-28(33)19-11-9-8-10-12-19)20-16-35-22(32)13-14-29(20,5)27(25)37-23/h7-12,17,20-23,25-27,31-32,34H,1,13-16H2,2-6H3/b24-18+/t20?,21-,22?,23+,25+,26-,27+,29?,30+/m0/s1. The summed E-state index contributed by atoms with van der Waals surface area (Å²) in [6, 6.07) is 8.59. The molecule has 38 heavy (non-hydrogen) atoms. The van der Waals surface area contributed by atoms with Gasteiger partial charge in [0, 0.05) is 17.8 Å². The van der Waals surface area contributed by atoms with Crippen molar-refractivity contribution < 1.29 is 39.1 Å². The van der Waals surface area contributed by atoms with Gasteiger partial charge in [-0.2, -0.15) is 0 Å². The van der Waals surface area contributed by atoms with Crippen LogP contribution in [0.15, 0.2) is 54.1 Å². The van der Waals surface area contributed by atoms with Crippen LogP contribution in [-0.2, 0) is 18.9 Å². The van der Waals surface area contributed by atoms with Gasteiger partial charge in [0.05, 0.1) is 24.4 Å². The number of hydrogen-bond acceptors (Lipinski definition) is 8. The summed E-state index contributed by atoms with van der Waals surface area (Å²) >= 11 is 0. The summed E-state index contributed by atoms with van der Waals surface area (Å²) in [5, 5.41) is 33.8. The molecule has 3 unspecified atom stereocenters. The van der Waals surface area contributed by atoms with E-state index in [-0.39, 0.29) is 18.9 Å². The molecule has 2 saturated heterocycles. The summed E-state index contributed by atoms with van der Waals surface area (Å²) in [5.74, 6) is -1.16. The van der Waals surface area contributed by atoms with E-state index in [2.05, 4.69) is 6.58 Å². The van der Waals surface area contributed by atoms with Gasteiger partial charge >= 0.3 is 5.97 Å². The maximum Gasteiger partial charge on any atom is 0.338 e. The van der Waals surface area contributed by atoms with E-state index in [9.17, 15) is 20.1 Å². The number of ether oxygens (including phenoxy) is 4. The number of benzene rings is 1. The molecule has 0 aromatic heterocycles. The van der Waals surface area contributed by atoms with Crippen molar-refractivity contribution in [3.8, 4) is 0 Å². The molecule has 3 aliphatic rings. The van der Waals surface area contributed by atoms with E-state index in [0.29, 0.717) is 24.0 Å². The summed E-state index contributed by atoms with van der Waals surface area (Å²) < 4.78 is 24.8. The molecule has 210 valence electrons. The average molecular weight is 531 g/mol. The minimum atomic E-state index is -1.64. The largest absolute Gasteiger partial charge is 0.455 e. The molecule has 2 heterocycles. The summed E-state index contributed by atoms with van der Waals surface area (Å²) in [6.07, 6.45) is -2.52. The van der Waals surface area contributed by atoms with E-state index in [1.54, 1.807) is 43.3 Å². The Morgan fingerprint density at radius 3 is 2.50 bits per heavy atom. The Hall–Kier alpha value is -2.07. The number of aliphatic hydroxyl groups is 3. The van der Waals surface area contributed by atoms with Gasteiger partial charge in [0.1, 0.15) is 17.8 Å². The maximum absolute atomic E-state index is 13.3. The Morgan fingerprint density at radius 1 is 1.18 bits per heavy atom. The van der Waals surface area contributed by atoms with Crippen LogP contribution in [0.25, 0.3) is 0 Å². The fourth-order valence-electron chi connectivity index (χ4n) is 6.47. The van der Waals surface area contributed by atoms with Crippen LogP contribution >= 0.6 is 0 Å². The second-order valence-corrected chi connectivity index (χ2v) is 11.7. The van der Waals surface area contributed by atoms with Crippen LogP contribution in [0.5, 0.6) is 0 Å². The monoisotopic (exact) mass is 530 g/mol. The first kappa shape index (κ1) is 28.9. The highest BCUT2D eigenvalue weighted by Gasteiger charge is 2.59. The lowest BCUT2D eigenvalue weighted by molar-refractivity contribution is -0.175. The van der Waals surface area contributed by atoms with Gasteiger partial charge in [0.25, 0.3) is 0 Å². The van der Waals surface area contributed by atoms with E-state index in [4.69, 9.17) is 18.9 Å². The van der Waals surface area contributed by atoms with Crippen LogP contribution in [0.2, 0.25) is 0 Å². The molecule has 0 radical (unpaired) electrons. The Balaban J connectivity index is 1.90. The van der Waals surface area contributed by atoms with Crippen molar-refractivity contribution in [2.75, 3.05) is 6.61 Å². The first-order chi connectivity index (χ1) is 17.9. The van der Waals surface area contributed by atoms with Crippen LogP contribution in [0.3, 0.4) is 0 Å². The molecule has 8 heteroatoms. The average Bonchev–Trinajstić information content (AvgIpc) is 3.24. The molecular weight excluding hydrogens is 488 g/mol. The highest BCUT2D eigenvalue weighted by molar-refractivity contribution is 5.89. The van der Waals surface area contributed by atoms with Crippen molar-refractivity contribution in [3.05, 3.63) is 59.7 Å². The molecule has 2 aliphatic heterocycles. The third kappa shape index (κ3) is 5.48. The van der Waals surface area contributed by atoms with E-state index < -0.39 is 59.9 Å². The number of carbonyl (C=O) groups is 1. The Labute approximate surface area is 225 Å². The second-order valence-electron chi connectivity index (χ2n) is 11.7. The zero-order chi connectivity index (χ0) is 27.8. The van der Waals surface area contributed by atoms with Gasteiger partial charge in [-0.3, -0.25) is 0 Å². The first-order valence-corrected chi connectivity index (χ1v) is 13.5. The molecule has 1 aromatic rings. The van der Waals surface area contributed by atoms with E-state index in [0.717, 1.165) is 5.57 Å². The van der Waals surface area contributed by atoms with Crippen molar-refractivity contribution in [2.45, 2.75) is 96.5 Å². The lowest BCUT2D eigenvalue weighted by atomic mass is 9.62. The van der Waals surface area contributed by atoms with Crippen LogP contribution in [0.1, 0.15) is 64.2 Å². The Bertz CT molecular complexity index is 1030. The molecule has 0 spiro atoms. The van der Waals surface area contributed by atoms with Crippen LogP contribution in [0, 0.1) is 17.3 Å². The lowest BCUT2D eigenvalue weighted by Gasteiger charge is -2.49. The molecule has 0 bridgehead atoms. The maximum atomic E-state index is 13.3. The van der Waals surface area contributed by atoms with Gasteiger partial charge in [0.2, 0.25) is 0 Å². The molecule has 9 atom stereocenters. The fourth-order valence-corrected chi connectivity index (χ4v) is 6.47. The number of hydrogen-bond donors (Lipinski definition) is 3. The molecular formula is C30H42O8. The van der Waals surface area contributed by atoms with Gasteiger partial charge in [-0.25, -0.2) is 4.79 Å². The number of carbonyl (C=O) groups excluding carboxylic acids is 1. The third-order valence-electron chi connectivity index (χ3n) is 8.64. The predicted octanol–water partition coefficient (Wildman–Crippen LogP) is 3.75. The predicted molar refractivity (Wildman–Crippen MR) is 141 cm³/mol. The summed E-state index contributed by atoms with van der Waals surface area (Å²) in [5.41, 5.74) is -0.437. The molecule has 2 fully saturated rings. The molecule has 1 aromatic carbocycles. The fraction of sp³-hybridized carbons (Fsp3) is 0.633. The molecule has 0 saturated carbocycles. The van der Waals surface area contributed by atoms with E-state index in [1.807, 2.05) is 27.7 Å². The van der Waals surface area contributed by atoms with E-state index >= 15 is 0 Å². The van der Waals surface area contributed by atoms with Gasteiger partial charge in [-0.15, -0.1) is 0 Å². The van der Waals surface area contributed by atoms with Crippen LogP contribution in [0.4, 0.5) is 0 Å². The van der Waals surface area contributed by atoms with Crippen molar-refractivity contribution in [1.29, 1.82) is 0 Å². The summed E-state index contributed by atoms with van der Waals surface area (Å²) in [4.78, 5) is 13.3. The Morgan fingerprint density at radius 2 is 1.87 bits per heavy atom. The summed E-state index contributed by atoms with van der Waals surface area (Å²) in [6.45, 7) is 13.4. The highest BCUT2D eigenvalue weighted by Crippen LogP contribution is 2.52. The topological polar surface area (TPSA) is 115 Å². The lowest BCUT2D eigenvalue weighted by Crippen LogP contribution is -2.59. The van der Waals surface area contributed by atoms with Gasteiger partial charge in [0.15, 0.2) is 12.6 Å². The molecule has 3 N–H and O–H groups in total. The van der Waals surface area contributed by atoms with Gasteiger partial charge in [-0.1, -0.05) is 45.5 Å². The molecule has 4 rings (SSSR count). The normalized spacial score (nSPS) is 42.1. The molecule has 8 nitrogen and oxygen atoms in total. The SMILES string of the molecule is C=C[C@@H]1O[C@@H]2/C(C(C)C)=C(\C)[C@@H](O)C[C@@](C)(O)[C@@H](OC(=O)c3ccccc3)C3COC(O)CCC3(C)[C@@H]2O1. The Kier molecular flexibility index (Phi) is 8.52. The zero-order valence-electron chi connectivity index (χ0n) is 23.0. The zero-order valence-corrected chi connectivity index (χ0v) is 23.0. The number of aliphatic hydroxyl groups excluding tert-OH is 2. The number of esters is 1. The second kappa shape index (κ2) is 11.2. The van der Waals surface area contributed by atoms with Crippen LogP contribution < -0.4 is 0 Å². The third-order valence-corrected chi connectivity index (χ3v) is 8.64. The van der Waals surface area contributed by atoms with Crippen molar-refractivity contribution >= 4 is 5.97 Å². The minimum Gasteiger partial charge on any atom is -0.455 e. The summed E-state index contributed by atoms with van der Waals surface area (Å²) in [7, 11) is 0. The van der Waals surface area contributed by atoms with Crippen molar-refractivity contribution in [2.24, 2.45) is 17.3 Å². The molecule has 0 amide bonds.